The molecule has 1 saturated heterocycles. The van der Waals surface area contributed by atoms with E-state index in [-0.39, 0.29) is 19.6 Å². The van der Waals surface area contributed by atoms with E-state index in [9.17, 15) is 24.6 Å². The lowest BCUT2D eigenvalue weighted by atomic mass is 10.3. The summed E-state index contributed by atoms with van der Waals surface area (Å²) in [7, 11) is 1.00. The second-order valence-corrected chi connectivity index (χ2v) is 12.0. The van der Waals surface area contributed by atoms with Crippen molar-refractivity contribution in [3.05, 3.63) is 0 Å². The number of carboxylic acid groups (broad SMARTS) is 2. The number of hydrogen-bond donors (Lipinski definition) is 4. The largest absolute Gasteiger partial charge is 0.480 e. The molecule has 332 valence electrons. The molecule has 56 heavy (non-hydrogen) atoms. The van der Waals surface area contributed by atoms with E-state index in [1.165, 1.54) is 0 Å². The number of carbonyl (C=O) groups excluding carboxylic acids is 2. The third-order valence-electron chi connectivity index (χ3n) is 7.69. The fraction of sp³-hybridized carbons (Fsp3) is 0.889. The van der Waals surface area contributed by atoms with E-state index >= 15 is 0 Å². The van der Waals surface area contributed by atoms with Gasteiger partial charge in [0, 0.05) is 79.3 Å². The van der Waals surface area contributed by atoms with Gasteiger partial charge in [-0.05, 0) is 6.42 Å². The van der Waals surface area contributed by atoms with Gasteiger partial charge >= 0.3 is 11.9 Å². The molecule has 0 aromatic rings. The molecule has 1 heterocycles. The number of nitrogens with zero attached hydrogens (tertiary/aromatic N) is 4. The van der Waals surface area contributed by atoms with E-state index in [1.54, 1.807) is 4.90 Å². The molecule has 0 bridgehead atoms. The van der Waals surface area contributed by atoms with E-state index in [1.807, 2.05) is 16.6 Å². The van der Waals surface area contributed by atoms with Crippen molar-refractivity contribution in [3.63, 3.8) is 0 Å². The molecule has 0 atom stereocenters. The quantitative estimate of drug-likeness (QED) is 0.0411. The second kappa shape index (κ2) is 45.4. The van der Waals surface area contributed by atoms with Crippen LogP contribution in [0.1, 0.15) is 13.3 Å². The number of aldehydes is 1. The Morgan fingerprint density at radius 2 is 0.804 bits per heavy atom. The topological polar surface area (TPSA) is 228 Å². The van der Waals surface area contributed by atoms with E-state index in [0.29, 0.717) is 165 Å². The van der Waals surface area contributed by atoms with Gasteiger partial charge in [-0.1, -0.05) is 6.92 Å². The summed E-state index contributed by atoms with van der Waals surface area (Å²) in [5, 5.41) is 29.0. The Morgan fingerprint density at radius 1 is 0.518 bits per heavy atom. The second-order valence-electron chi connectivity index (χ2n) is 12.0. The van der Waals surface area contributed by atoms with Gasteiger partial charge in [-0.25, -0.2) is 0 Å². The zero-order valence-electron chi connectivity index (χ0n) is 34.0. The number of aliphatic hydroxyl groups excluding tert-OH is 1. The lowest BCUT2D eigenvalue weighted by molar-refractivity contribution is -0.140. The molecule has 0 radical (unpaired) electrons. The van der Waals surface area contributed by atoms with Crippen molar-refractivity contribution in [2.45, 2.75) is 13.3 Å². The van der Waals surface area contributed by atoms with Gasteiger partial charge in [-0.3, -0.25) is 29.2 Å². The fourth-order valence-corrected chi connectivity index (χ4v) is 4.89. The van der Waals surface area contributed by atoms with Crippen LogP contribution >= 0.6 is 0 Å². The maximum Gasteiger partial charge on any atom is 0.317 e. The van der Waals surface area contributed by atoms with Gasteiger partial charge in [0.2, 0.25) is 0 Å². The number of rotatable bonds is 34. The lowest BCUT2D eigenvalue weighted by Gasteiger charge is -2.33. The van der Waals surface area contributed by atoms with Crippen molar-refractivity contribution < 1.29 is 72.4 Å². The van der Waals surface area contributed by atoms with Crippen LogP contribution < -0.4 is 5.32 Å². The third kappa shape index (κ3) is 39.9. The number of nitrogens with one attached hydrogen (secondary N) is 1. The van der Waals surface area contributed by atoms with Crippen molar-refractivity contribution in [2.75, 3.05) is 198 Å². The molecule has 0 saturated carbocycles. The first-order chi connectivity index (χ1) is 27.4. The molecule has 1 rings (SSSR count). The predicted octanol–water partition coefficient (Wildman–Crippen LogP) is -1.91. The highest BCUT2D eigenvalue weighted by atomic mass is 16.6. The molecule has 20 heteroatoms. The Labute approximate surface area is 333 Å². The predicted molar refractivity (Wildman–Crippen MR) is 207 cm³/mol. The van der Waals surface area contributed by atoms with Crippen molar-refractivity contribution in [2.24, 2.45) is 0 Å². The smallest absolute Gasteiger partial charge is 0.317 e. The minimum Gasteiger partial charge on any atom is -0.480 e. The van der Waals surface area contributed by atoms with Crippen LogP contribution in [-0.2, 0) is 57.1 Å². The summed E-state index contributed by atoms with van der Waals surface area (Å²) in [6.07, 6.45) is 1.87. The highest BCUT2D eigenvalue weighted by Crippen LogP contribution is 2.01. The van der Waals surface area contributed by atoms with Gasteiger partial charge in [0.15, 0.2) is 0 Å². The highest BCUT2D eigenvalue weighted by Gasteiger charge is 2.19. The molecule has 0 amide bonds. The first-order valence-electron chi connectivity index (χ1n) is 19.3. The number of aliphatic hydroxyl groups is 1. The average molecular weight is 816 g/mol. The molecule has 0 aromatic carbocycles. The van der Waals surface area contributed by atoms with Gasteiger partial charge in [0.1, 0.15) is 13.1 Å². The normalized spacial score (nSPS) is 15.1. The van der Waals surface area contributed by atoms with Crippen molar-refractivity contribution in [1.82, 2.24) is 24.9 Å². The summed E-state index contributed by atoms with van der Waals surface area (Å²) in [6, 6.07) is 0. The SMILES string of the molecule is C=O.CCCOCCOCCOCCOCCOCCOCCOCCOCCNCN1CCN(CC=O)CCN(CC(=O)O)CCN(CC(=O)O)CC1.CO. The molecule has 1 aliphatic rings. The van der Waals surface area contributed by atoms with Crippen molar-refractivity contribution >= 4 is 25.0 Å². The number of carboxylic acids is 2. The summed E-state index contributed by atoms with van der Waals surface area (Å²) in [6.45, 7) is 18.0. The highest BCUT2D eigenvalue weighted by molar-refractivity contribution is 5.69. The summed E-state index contributed by atoms with van der Waals surface area (Å²) in [4.78, 5) is 49.8. The Hall–Kier alpha value is -2.28. The summed E-state index contributed by atoms with van der Waals surface area (Å²) in [5.41, 5.74) is 0. The van der Waals surface area contributed by atoms with Gasteiger partial charge in [0.05, 0.1) is 119 Å². The van der Waals surface area contributed by atoms with E-state index in [2.05, 4.69) is 17.1 Å². The van der Waals surface area contributed by atoms with Crippen LogP contribution in [0.25, 0.3) is 0 Å². The average Bonchev–Trinajstić information content (AvgIpc) is 3.19. The summed E-state index contributed by atoms with van der Waals surface area (Å²) < 4.78 is 43.9. The van der Waals surface area contributed by atoms with Crippen LogP contribution in [0.15, 0.2) is 0 Å². The van der Waals surface area contributed by atoms with Gasteiger partial charge < -0.3 is 68.1 Å². The van der Waals surface area contributed by atoms with E-state index in [0.717, 1.165) is 26.4 Å². The van der Waals surface area contributed by atoms with E-state index < -0.39 is 11.9 Å². The number of aliphatic carboxylic acids is 2. The molecule has 0 spiro atoms. The third-order valence-corrected chi connectivity index (χ3v) is 7.69. The maximum atomic E-state index is 11.4. The standard InChI is InChI=1S/C34H67N5O13.CH4O.CH2O/c1-2-14-45-16-18-47-20-22-49-24-26-51-28-29-52-27-25-50-23-21-48-19-17-46-15-3-35-32-39-10-5-36(12-13-40)4-6-37(30-33(41)42)7-8-38(9-11-39)31-34(43)44;2*1-2/h13,35H,2-12,14-32H2,1H3,(H,41,42)(H,43,44);2H,1H3;1H2. The Kier molecular flexibility index (Phi) is 45.3. The zero-order valence-corrected chi connectivity index (χ0v) is 34.0. The van der Waals surface area contributed by atoms with Crippen LogP contribution in [0.5, 0.6) is 0 Å². The fourth-order valence-electron chi connectivity index (χ4n) is 4.89. The maximum absolute atomic E-state index is 11.4. The van der Waals surface area contributed by atoms with Gasteiger partial charge in [0.25, 0.3) is 0 Å². The minimum atomic E-state index is -0.936. The molecule has 20 nitrogen and oxygen atoms in total. The molecular formula is C36H73N5O15. The molecule has 0 aliphatic carbocycles. The molecular weight excluding hydrogens is 742 g/mol. The Morgan fingerprint density at radius 3 is 1.11 bits per heavy atom. The zero-order chi connectivity index (χ0) is 41.7. The molecule has 1 aliphatic heterocycles. The first kappa shape index (κ1) is 55.8. The first-order valence-corrected chi connectivity index (χ1v) is 19.3. The van der Waals surface area contributed by atoms with E-state index in [4.69, 9.17) is 47.8 Å². The van der Waals surface area contributed by atoms with Crippen LogP contribution in [0, 0.1) is 0 Å². The Bertz CT molecular complexity index is 872. The minimum absolute atomic E-state index is 0.114. The number of hydrogen-bond acceptors (Lipinski definition) is 18. The van der Waals surface area contributed by atoms with Gasteiger partial charge in [-0.15, -0.1) is 0 Å². The van der Waals surface area contributed by atoms with Crippen molar-refractivity contribution in [3.8, 4) is 0 Å². The molecule has 1 fully saturated rings. The summed E-state index contributed by atoms with van der Waals surface area (Å²) >= 11 is 0. The van der Waals surface area contributed by atoms with Gasteiger partial charge in [-0.2, -0.15) is 0 Å². The number of carbonyl (C=O) groups is 4. The van der Waals surface area contributed by atoms with Crippen LogP contribution in [0.4, 0.5) is 0 Å². The monoisotopic (exact) mass is 816 g/mol. The van der Waals surface area contributed by atoms with Crippen molar-refractivity contribution in [1.29, 1.82) is 0 Å². The van der Waals surface area contributed by atoms with Crippen LogP contribution in [-0.4, -0.2) is 258 Å². The van der Waals surface area contributed by atoms with Crippen LogP contribution in [0.3, 0.4) is 0 Å². The molecule has 0 aromatic heterocycles. The summed E-state index contributed by atoms with van der Waals surface area (Å²) in [5.74, 6) is -1.86. The molecule has 0 unspecified atom stereocenters. The van der Waals surface area contributed by atoms with Crippen LogP contribution in [0.2, 0.25) is 0 Å². The number of ether oxygens (including phenoxy) is 8. The lowest BCUT2D eigenvalue weighted by Crippen LogP contribution is -2.49. The Balaban J connectivity index is 0. The molecule has 4 N–H and O–H groups in total.